The van der Waals surface area contributed by atoms with Gasteiger partial charge >= 0.3 is 0 Å². The maximum absolute atomic E-state index is 5.90. The van der Waals surface area contributed by atoms with E-state index < -0.39 is 0 Å². The van der Waals surface area contributed by atoms with Gasteiger partial charge in [-0.25, -0.2) is 9.97 Å². The molecule has 2 aromatic rings. The van der Waals surface area contributed by atoms with Gasteiger partial charge in [0.25, 0.3) is 0 Å². The highest BCUT2D eigenvalue weighted by molar-refractivity contribution is 5.82. The van der Waals surface area contributed by atoms with Crippen LogP contribution in [0.4, 0.5) is 11.6 Å². The number of piperazine rings is 1. The van der Waals surface area contributed by atoms with Crippen molar-refractivity contribution in [3.8, 4) is 0 Å². The summed E-state index contributed by atoms with van der Waals surface area (Å²) in [5.74, 6) is 1.57. The first-order chi connectivity index (χ1) is 11.8. The zero-order valence-corrected chi connectivity index (χ0v) is 14.2. The van der Waals surface area contributed by atoms with Gasteiger partial charge in [-0.1, -0.05) is 6.42 Å². The van der Waals surface area contributed by atoms with Crippen molar-refractivity contribution in [2.45, 2.75) is 25.8 Å². The van der Waals surface area contributed by atoms with E-state index in [1.165, 1.54) is 37.9 Å². The van der Waals surface area contributed by atoms with E-state index in [-0.39, 0.29) is 0 Å². The summed E-state index contributed by atoms with van der Waals surface area (Å²) in [5, 5.41) is 4.53. The second-order valence-electron chi connectivity index (χ2n) is 6.82. The quantitative estimate of drug-likeness (QED) is 0.893. The van der Waals surface area contributed by atoms with Gasteiger partial charge < -0.3 is 16.0 Å². The molecule has 0 aromatic carbocycles. The first kappa shape index (κ1) is 15.6. The van der Waals surface area contributed by atoms with Crippen LogP contribution in [0.25, 0.3) is 11.0 Å². The Morgan fingerprint density at radius 2 is 1.79 bits per heavy atom. The minimum Gasteiger partial charge on any atom is -0.384 e. The lowest BCUT2D eigenvalue weighted by Gasteiger charge is -2.30. The topological polar surface area (TPSA) is 70.3 Å². The number of nitrogens with two attached hydrogens (primary N) is 1. The largest absolute Gasteiger partial charge is 0.384 e. The number of nitrogens with one attached hydrogen (secondary N) is 1. The van der Waals surface area contributed by atoms with Crippen molar-refractivity contribution in [1.82, 2.24) is 20.2 Å². The molecular formula is C18H26N6. The van der Waals surface area contributed by atoms with Crippen LogP contribution >= 0.6 is 0 Å². The summed E-state index contributed by atoms with van der Waals surface area (Å²) in [4.78, 5) is 14.2. The minimum absolute atomic E-state index is 0.538. The summed E-state index contributed by atoms with van der Waals surface area (Å²) >= 11 is 0. The number of rotatable bonds is 3. The third kappa shape index (κ3) is 3.30. The van der Waals surface area contributed by atoms with E-state index in [2.05, 4.69) is 32.2 Å². The van der Waals surface area contributed by atoms with E-state index in [9.17, 15) is 0 Å². The number of aromatic nitrogens is 2. The highest BCUT2D eigenvalue weighted by Crippen LogP contribution is 2.25. The van der Waals surface area contributed by atoms with E-state index in [0.717, 1.165) is 49.6 Å². The van der Waals surface area contributed by atoms with Crippen molar-refractivity contribution in [1.29, 1.82) is 0 Å². The molecule has 4 heterocycles. The summed E-state index contributed by atoms with van der Waals surface area (Å²) in [5.41, 5.74) is 8.00. The van der Waals surface area contributed by atoms with E-state index >= 15 is 0 Å². The molecule has 0 radical (unpaired) electrons. The number of nitrogen functional groups attached to an aromatic ring is 1. The van der Waals surface area contributed by atoms with Crippen LogP contribution in [0, 0.1) is 0 Å². The van der Waals surface area contributed by atoms with Crippen LogP contribution in [0.1, 0.15) is 24.8 Å². The Labute approximate surface area is 143 Å². The lowest BCUT2D eigenvalue weighted by atomic mass is 10.1. The van der Waals surface area contributed by atoms with Crippen molar-refractivity contribution in [2.24, 2.45) is 0 Å². The van der Waals surface area contributed by atoms with Crippen LogP contribution in [0.5, 0.6) is 0 Å². The molecule has 6 nitrogen and oxygen atoms in total. The van der Waals surface area contributed by atoms with Gasteiger partial charge in [0.2, 0.25) is 0 Å². The highest BCUT2D eigenvalue weighted by Gasteiger charge is 2.17. The molecular weight excluding hydrogens is 300 g/mol. The van der Waals surface area contributed by atoms with E-state index in [1.807, 2.05) is 6.07 Å². The summed E-state index contributed by atoms with van der Waals surface area (Å²) in [6.07, 6.45) is 3.97. The fourth-order valence-electron chi connectivity index (χ4n) is 3.72. The normalized spacial score (nSPS) is 19.8. The molecule has 2 saturated heterocycles. The van der Waals surface area contributed by atoms with Crippen LogP contribution in [0.3, 0.4) is 0 Å². The molecule has 2 fully saturated rings. The van der Waals surface area contributed by atoms with Gasteiger partial charge in [-0.15, -0.1) is 0 Å². The fraction of sp³-hybridized carbons (Fsp3) is 0.556. The van der Waals surface area contributed by atoms with Crippen molar-refractivity contribution < 1.29 is 0 Å². The third-order valence-electron chi connectivity index (χ3n) is 5.05. The first-order valence-corrected chi connectivity index (χ1v) is 9.04. The molecule has 2 aliphatic heterocycles. The Bertz CT molecular complexity index is 704. The van der Waals surface area contributed by atoms with Gasteiger partial charge in [0.1, 0.15) is 11.6 Å². The lowest BCUT2D eigenvalue weighted by molar-refractivity contribution is 0.221. The number of hydrogen-bond donors (Lipinski definition) is 2. The second-order valence-corrected chi connectivity index (χ2v) is 6.82. The molecule has 4 rings (SSSR count). The molecule has 0 aliphatic carbocycles. The minimum atomic E-state index is 0.538. The molecule has 0 bridgehead atoms. The Hall–Kier alpha value is -1.92. The van der Waals surface area contributed by atoms with Crippen molar-refractivity contribution in [3.63, 3.8) is 0 Å². The van der Waals surface area contributed by atoms with Gasteiger partial charge in [-0.2, -0.15) is 0 Å². The predicted molar refractivity (Wildman–Crippen MR) is 98.2 cm³/mol. The van der Waals surface area contributed by atoms with E-state index in [0.29, 0.717) is 5.82 Å². The third-order valence-corrected chi connectivity index (χ3v) is 5.05. The fourth-order valence-corrected chi connectivity index (χ4v) is 3.72. The summed E-state index contributed by atoms with van der Waals surface area (Å²) in [6.45, 7) is 7.35. The van der Waals surface area contributed by atoms with Crippen molar-refractivity contribution in [2.75, 3.05) is 49.9 Å². The molecule has 0 amide bonds. The van der Waals surface area contributed by atoms with Gasteiger partial charge in [0, 0.05) is 38.1 Å². The molecule has 0 spiro atoms. The van der Waals surface area contributed by atoms with Crippen LogP contribution in [-0.2, 0) is 6.54 Å². The van der Waals surface area contributed by atoms with Crippen LogP contribution < -0.4 is 16.0 Å². The zero-order chi connectivity index (χ0) is 16.4. The summed E-state index contributed by atoms with van der Waals surface area (Å²) in [6, 6.07) is 6.22. The Morgan fingerprint density at radius 3 is 2.58 bits per heavy atom. The van der Waals surface area contributed by atoms with E-state index in [1.54, 1.807) is 0 Å². The molecule has 2 aliphatic rings. The Morgan fingerprint density at radius 1 is 1.00 bits per heavy atom. The highest BCUT2D eigenvalue weighted by atomic mass is 15.2. The maximum Gasteiger partial charge on any atom is 0.164 e. The maximum atomic E-state index is 5.90. The number of piperidine rings is 1. The number of pyridine rings is 2. The standard InChI is InChI=1S/C18H26N6/c19-16-5-4-15-14(13-23-8-2-1-3-9-23)12-17(22-18(15)21-16)24-10-6-20-7-11-24/h4-5,12,20H,1-3,6-11,13H2,(H2,19,21,22). The van der Waals surface area contributed by atoms with Gasteiger partial charge in [-0.05, 0) is 49.7 Å². The smallest absolute Gasteiger partial charge is 0.164 e. The lowest BCUT2D eigenvalue weighted by Crippen LogP contribution is -2.44. The number of likely N-dealkylation sites (tertiary alicyclic amines) is 1. The van der Waals surface area contributed by atoms with Crippen LogP contribution in [0.2, 0.25) is 0 Å². The van der Waals surface area contributed by atoms with Gasteiger partial charge in [0.05, 0.1) is 0 Å². The van der Waals surface area contributed by atoms with E-state index in [4.69, 9.17) is 10.7 Å². The number of hydrogen-bond acceptors (Lipinski definition) is 6. The Balaban J connectivity index is 1.71. The molecule has 0 unspecified atom stereocenters. The number of anilines is 2. The SMILES string of the molecule is Nc1ccc2c(CN3CCCCC3)cc(N3CCNCC3)nc2n1. The summed E-state index contributed by atoms with van der Waals surface area (Å²) in [7, 11) is 0. The molecule has 128 valence electrons. The molecule has 2 aromatic heterocycles. The molecule has 24 heavy (non-hydrogen) atoms. The monoisotopic (exact) mass is 326 g/mol. The van der Waals surface area contributed by atoms with Gasteiger partial charge in [-0.3, -0.25) is 4.90 Å². The predicted octanol–water partition coefficient (Wildman–Crippen LogP) is 1.61. The zero-order valence-electron chi connectivity index (χ0n) is 14.2. The molecule has 3 N–H and O–H groups in total. The Kier molecular flexibility index (Phi) is 4.49. The van der Waals surface area contributed by atoms with Gasteiger partial charge in [0.15, 0.2) is 5.65 Å². The number of fused-ring (bicyclic) bond motifs is 1. The van der Waals surface area contributed by atoms with Crippen LogP contribution in [-0.4, -0.2) is 54.1 Å². The molecule has 0 saturated carbocycles. The molecule has 0 atom stereocenters. The van der Waals surface area contributed by atoms with Crippen molar-refractivity contribution in [3.05, 3.63) is 23.8 Å². The van der Waals surface area contributed by atoms with Crippen LogP contribution in [0.15, 0.2) is 18.2 Å². The average molecular weight is 326 g/mol. The second kappa shape index (κ2) is 6.91. The average Bonchev–Trinajstić information content (AvgIpc) is 2.63. The van der Waals surface area contributed by atoms with Crippen molar-refractivity contribution >= 4 is 22.7 Å². The molecule has 6 heteroatoms. The first-order valence-electron chi connectivity index (χ1n) is 9.04. The summed E-state index contributed by atoms with van der Waals surface area (Å²) < 4.78 is 0. The number of nitrogens with zero attached hydrogens (tertiary/aromatic N) is 4.